The van der Waals surface area contributed by atoms with E-state index in [1.54, 1.807) is 0 Å². The lowest BCUT2D eigenvalue weighted by molar-refractivity contribution is -0.149. The minimum atomic E-state index is -0.946. The molecule has 2 rings (SSSR count). The zero-order valence-corrected chi connectivity index (χ0v) is 11.9. The molecular formula is C13H15NO3S2. The third kappa shape index (κ3) is 3.06. The van der Waals surface area contributed by atoms with E-state index in [4.69, 9.17) is 0 Å². The van der Waals surface area contributed by atoms with Crippen LogP contribution in [0.25, 0.3) is 0 Å². The second kappa shape index (κ2) is 6.34. The van der Waals surface area contributed by atoms with Crippen molar-refractivity contribution in [2.75, 3.05) is 11.5 Å². The van der Waals surface area contributed by atoms with Crippen LogP contribution in [0.4, 0.5) is 0 Å². The van der Waals surface area contributed by atoms with Gasteiger partial charge in [0.2, 0.25) is 5.91 Å². The van der Waals surface area contributed by atoms with Crippen LogP contribution in [-0.4, -0.2) is 39.4 Å². The summed E-state index contributed by atoms with van der Waals surface area (Å²) in [5.74, 6) is -0.249. The summed E-state index contributed by atoms with van der Waals surface area (Å²) in [6.07, 6.45) is 0.261. The Bertz CT molecular complexity index is 466. The number of carboxylic acid groups (broad SMARTS) is 1. The molecule has 0 aliphatic carbocycles. The quantitative estimate of drug-likeness (QED) is 0.835. The van der Waals surface area contributed by atoms with Gasteiger partial charge in [-0.2, -0.15) is 12.6 Å². The highest BCUT2D eigenvalue weighted by Crippen LogP contribution is 2.41. The van der Waals surface area contributed by atoms with Crippen molar-refractivity contribution >= 4 is 36.3 Å². The molecule has 1 fully saturated rings. The molecule has 1 saturated heterocycles. The number of hydrogen-bond donors (Lipinski definition) is 2. The monoisotopic (exact) mass is 297 g/mol. The lowest BCUT2D eigenvalue weighted by Gasteiger charge is -2.27. The number of amides is 1. The fourth-order valence-corrected chi connectivity index (χ4v) is 3.73. The zero-order chi connectivity index (χ0) is 13.8. The number of carbonyl (C=O) groups is 2. The smallest absolute Gasteiger partial charge is 0.327 e. The molecule has 0 spiro atoms. The van der Waals surface area contributed by atoms with E-state index in [0.717, 1.165) is 5.56 Å². The molecule has 0 saturated carbocycles. The predicted octanol–water partition coefficient (Wildman–Crippen LogP) is 2.03. The van der Waals surface area contributed by atoms with Crippen LogP contribution in [0.5, 0.6) is 0 Å². The predicted molar refractivity (Wildman–Crippen MR) is 78.4 cm³/mol. The summed E-state index contributed by atoms with van der Waals surface area (Å²) >= 11 is 5.54. The molecule has 0 bridgehead atoms. The summed E-state index contributed by atoms with van der Waals surface area (Å²) in [5, 5.41) is 9.03. The van der Waals surface area contributed by atoms with Crippen LogP contribution in [0.3, 0.4) is 0 Å². The Kier molecular flexibility index (Phi) is 4.76. The van der Waals surface area contributed by atoms with Gasteiger partial charge in [0.1, 0.15) is 11.4 Å². The highest BCUT2D eigenvalue weighted by atomic mass is 32.2. The van der Waals surface area contributed by atoms with Crippen LogP contribution in [0.15, 0.2) is 30.3 Å². The standard InChI is InChI=1S/C13H15NO3S2/c15-11(6-7-18)14-10(13(16)17)8-19-12(14)9-4-2-1-3-5-9/h1-5,10,12,18H,6-8H2,(H,16,17)/t10-,12-/m0/s1. The van der Waals surface area contributed by atoms with Crippen molar-refractivity contribution in [3.8, 4) is 0 Å². The Labute approximate surface area is 121 Å². The van der Waals surface area contributed by atoms with Crippen LogP contribution < -0.4 is 0 Å². The molecule has 1 aliphatic heterocycles. The minimum absolute atomic E-state index is 0.152. The van der Waals surface area contributed by atoms with Crippen molar-refractivity contribution in [2.45, 2.75) is 17.8 Å². The normalized spacial score (nSPS) is 22.5. The van der Waals surface area contributed by atoms with E-state index in [0.29, 0.717) is 11.5 Å². The second-order valence-electron chi connectivity index (χ2n) is 4.23. The maximum Gasteiger partial charge on any atom is 0.327 e. The number of benzene rings is 1. The molecule has 4 nitrogen and oxygen atoms in total. The topological polar surface area (TPSA) is 57.6 Å². The van der Waals surface area contributed by atoms with Crippen molar-refractivity contribution in [1.29, 1.82) is 0 Å². The number of rotatable bonds is 4. The van der Waals surface area contributed by atoms with Crippen LogP contribution in [0.1, 0.15) is 17.4 Å². The number of nitrogens with zero attached hydrogens (tertiary/aromatic N) is 1. The first-order valence-corrected chi connectivity index (χ1v) is 7.64. The number of aliphatic carboxylic acids is 1. The Hall–Kier alpha value is -1.14. The van der Waals surface area contributed by atoms with Crippen molar-refractivity contribution < 1.29 is 14.7 Å². The van der Waals surface area contributed by atoms with Gasteiger partial charge in [-0.3, -0.25) is 4.79 Å². The summed E-state index contributed by atoms with van der Waals surface area (Å²) in [6, 6.07) is 8.78. The molecular weight excluding hydrogens is 282 g/mol. The van der Waals surface area contributed by atoms with Crippen LogP contribution in [0.2, 0.25) is 0 Å². The fourth-order valence-electron chi connectivity index (χ4n) is 2.10. The highest BCUT2D eigenvalue weighted by molar-refractivity contribution is 7.99. The van der Waals surface area contributed by atoms with E-state index < -0.39 is 12.0 Å². The first kappa shape index (κ1) is 14.3. The van der Waals surface area contributed by atoms with Gasteiger partial charge in [0, 0.05) is 12.2 Å². The number of thioether (sulfide) groups is 1. The third-order valence-electron chi connectivity index (χ3n) is 2.98. The summed E-state index contributed by atoms with van der Waals surface area (Å²) in [5.41, 5.74) is 0.962. The Balaban J connectivity index is 2.28. The van der Waals surface area contributed by atoms with Crippen molar-refractivity contribution in [2.24, 2.45) is 0 Å². The van der Waals surface area contributed by atoms with Gasteiger partial charge in [-0.1, -0.05) is 30.3 Å². The molecule has 1 aromatic rings. The van der Waals surface area contributed by atoms with Crippen molar-refractivity contribution in [3.05, 3.63) is 35.9 Å². The lowest BCUT2D eigenvalue weighted by Crippen LogP contribution is -2.43. The van der Waals surface area contributed by atoms with Gasteiger partial charge in [0.15, 0.2) is 0 Å². The second-order valence-corrected chi connectivity index (χ2v) is 5.79. The molecule has 19 heavy (non-hydrogen) atoms. The van der Waals surface area contributed by atoms with E-state index in [2.05, 4.69) is 12.6 Å². The van der Waals surface area contributed by atoms with Crippen LogP contribution in [0, 0.1) is 0 Å². The van der Waals surface area contributed by atoms with Gasteiger partial charge in [0.25, 0.3) is 0 Å². The van der Waals surface area contributed by atoms with E-state index in [1.807, 2.05) is 30.3 Å². The van der Waals surface area contributed by atoms with Gasteiger partial charge in [-0.05, 0) is 11.3 Å². The van der Waals surface area contributed by atoms with Gasteiger partial charge in [-0.15, -0.1) is 11.8 Å². The molecule has 1 aromatic carbocycles. The molecule has 0 radical (unpaired) electrons. The number of hydrogen-bond acceptors (Lipinski definition) is 4. The lowest BCUT2D eigenvalue weighted by atomic mass is 10.1. The Morgan fingerprint density at radius 3 is 2.63 bits per heavy atom. The van der Waals surface area contributed by atoms with Crippen LogP contribution in [-0.2, 0) is 9.59 Å². The number of thiol groups is 1. The molecule has 1 aliphatic rings. The largest absolute Gasteiger partial charge is 0.480 e. The number of carbonyl (C=O) groups excluding carboxylic acids is 1. The summed E-state index contributed by atoms with van der Waals surface area (Å²) < 4.78 is 0. The van der Waals surface area contributed by atoms with E-state index in [-0.39, 0.29) is 17.7 Å². The van der Waals surface area contributed by atoms with Gasteiger partial charge in [0.05, 0.1) is 0 Å². The Morgan fingerprint density at radius 2 is 2.05 bits per heavy atom. The maximum atomic E-state index is 12.1. The average Bonchev–Trinajstić information content (AvgIpc) is 2.85. The maximum absolute atomic E-state index is 12.1. The highest BCUT2D eigenvalue weighted by Gasteiger charge is 2.41. The molecule has 1 heterocycles. The first-order chi connectivity index (χ1) is 9.15. The molecule has 0 unspecified atom stereocenters. The first-order valence-electron chi connectivity index (χ1n) is 5.96. The summed E-state index contributed by atoms with van der Waals surface area (Å²) in [6.45, 7) is 0. The van der Waals surface area contributed by atoms with Crippen molar-refractivity contribution in [3.63, 3.8) is 0 Å². The molecule has 1 amide bonds. The fraction of sp³-hybridized carbons (Fsp3) is 0.385. The summed E-state index contributed by atoms with van der Waals surface area (Å²) in [4.78, 5) is 24.9. The summed E-state index contributed by atoms with van der Waals surface area (Å²) in [7, 11) is 0. The van der Waals surface area contributed by atoms with Gasteiger partial charge < -0.3 is 10.0 Å². The zero-order valence-electron chi connectivity index (χ0n) is 10.2. The van der Waals surface area contributed by atoms with E-state index >= 15 is 0 Å². The minimum Gasteiger partial charge on any atom is -0.480 e. The van der Waals surface area contributed by atoms with E-state index in [9.17, 15) is 14.7 Å². The van der Waals surface area contributed by atoms with Gasteiger partial charge in [-0.25, -0.2) is 4.79 Å². The van der Waals surface area contributed by atoms with Gasteiger partial charge >= 0.3 is 5.97 Å². The van der Waals surface area contributed by atoms with Crippen molar-refractivity contribution in [1.82, 2.24) is 4.90 Å². The van der Waals surface area contributed by atoms with Crippen LogP contribution >= 0.6 is 24.4 Å². The Morgan fingerprint density at radius 1 is 1.37 bits per heavy atom. The third-order valence-corrected chi connectivity index (χ3v) is 4.53. The number of carboxylic acids is 1. The average molecular weight is 297 g/mol. The SMILES string of the molecule is O=C(O)[C@@H]1CS[C@@H](c2ccccc2)N1C(=O)CCS. The molecule has 6 heteroatoms. The molecule has 102 valence electrons. The molecule has 2 atom stereocenters. The van der Waals surface area contributed by atoms with E-state index in [1.165, 1.54) is 16.7 Å². The molecule has 1 N–H and O–H groups in total. The molecule has 0 aromatic heterocycles.